The van der Waals surface area contributed by atoms with Gasteiger partial charge in [0.1, 0.15) is 19.0 Å². The number of rotatable bonds is 2. The van der Waals surface area contributed by atoms with E-state index in [-0.39, 0.29) is 10.6 Å². The van der Waals surface area contributed by atoms with Gasteiger partial charge in [-0.25, -0.2) is 4.39 Å². The molecule has 20 heavy (non-hydrogen) atoms. The van der Waals surface area contributed by atoms with Gasteiger partial charge in [-0.3, -0.25) is 0 Å². The van der Waals surface area contributed by atoms with E-state index in [4.69, 9.17) is 9.47 Å². The van der Waals surface area contributed by atoms with Gasteiger partial charge in [0, 0.05) is 4.47 Å². The van der Waals surface area contributed by atoms with Crippen molar-refractivity contribution >= 4 is 31.9 Å². The lowest BCUT2D eigenvalue weighted by Crippen LogP contribution is -2.15. The summed E-state index contributed by atoms with van der Waals surface area (Å²) in [6.07, 6.45) is 0. The first-order valence-electron chi connectivity index (χ1n) is 6.14. The van der Waals surface area contributed by atoms with E-state index in [1.165, 1.54) is 12.1 Å². The Morgan fingerprint density at radius 1 is 1.00 bits per heavy atom. The Morgan fingerprint density at radius 3 is 2.25 bits per heavy atom. The zero-order valence-electron chi connectivity index (χ0n) is 10.4. The first kappa shape index (κ1) is 13.9. The number of benzene rings is 2. The second kappa shape index (κ2) is 5.74. The van der Waals surface area contributed by atoms with E-state index in [2.05, 4.69) is 31.9 Å². The minimum absolute atomic E-state index is 0.0479. The summed E-state index contributed by atoms with van der Waals surface area (Å²) in [7, 11) is 0. The predicted molar refractivity (Wildman–Crippen MR) is 82.3 cm³/mol. The quantitative estimate of drug-likeness (QED) is 0.670. The van der Waals surface area contributed by atoms with Crippen molar-refractivity contribution in [2.75, 3.05) is 13.2 Å². The summed E-state index contributed by atoms with van der Waals surface area (Å²) in [4.78, 5) is -0.0479. The van der Waals surface area contributed by atoms with Crippen LogP contribution in [0.15, 0.2) is 40.9 Å². The fourth-order valence-corrected chi connectivity index (χ4v) is 3.63. The fourth-order valence-electron chi connectivity index (χ4n) is 2.09. The van der Waals surface area contributed by atoms with Crippen molar-refractivity contribution in [3.8, 4) is 11.5 Å². The van der Waals surface area contributed by atoms with Gasteiger partial charge in [0.2, 0.25) is 0 Å². The average molecular weight is 402 g/mol. The van der Waals surface area contributed by atoms with Crippen LogP contribution in [-0.2, 0) is 0 Å². The molecule has 3 rings (SSSR count). The van der Waals surface area contributed by atoms with Crippen LogP contribution in [0.1, 0.15) is 16.0 Å². The Labute approximate surface area is 133 Å². The third-order valence-electron chi connectivity index (χ3n) is 3.10. The molecule has 1 atom stereocenters. The first-order valence-corrected chi connectivity index (χ1v) is 7.84. The number of hydrogen-bond acceptors (Lipinski definition) is 2. The molecule has 0 bridgehead atoms. The lowest BCUT2D eigenvalue weighted by molar-refractivity contribution is 0.171. The van der Waals surface area contributed by atoms with Gasteiger partial charge < -0.3 is 9.47 Å². The molecule has 0 amide bonds. The van der Waals surface area contributed by atoms with Crippen LogP contribution < -0.4 is 9.47 Å². The number of alkyl halides is 1. The molecule has 0 aromatic heterocycles. The van der Waals surface area contributed by atoms with E-state index in [0.29, 0.717) is 13.2 Å². The standard InChI is InChI=1S/C15H11Br2FO2/c16-12-8-14-13(19-5-6-20-14)7-11(12)15(17)9-1-3-10(18)4-2-9/h1-4,7-8,15H,5-6H2. The smallest absolute Gasteiger partial charge is 0.162 e. The second-order valence-corrected chi connectivity index (χ2v) is 6.20. The van der Waals surface area contributed by atoms with Crippen molar-refractivity contribution in [3.63, 3.8) is 0 Å². The Hall–Kier alpha value is -1.07. The lowest BCUT2D eigenvalue weighted by atomic mass is 10.0. The normalized spacial score (nSPS) is 14.9. The predicted octanol–water partition coefficient (Wildman–Crippen LogP) is 4.84. The first-order chi connectivity index (χ1) is 9.65. The maximum atomic E-state index is 13.0. The van der Waals surface area contributed by atoms with Crippen LogP contribution in [0.25, 0.3) is 0 Å². The van der Waals surface area contributed by atoms with Gasteiger partial charge in [0.25, 0.3) is 0 Å². The van der Waals surface area contributed by atoms with Crippen LogP contribution in [0.4, 0.5) is 4.39 Å². The molecule has 104 valence electrons. The van der Waals surface area contributed by atoms with Crippen LogP contribution in [-0.4, -0.2) is 13.2 Å². The Bertz CT molecular complexity index is 629. The van der Waals surface area contributed by atoms with Crippen molar-refractivity contribution in [2.24, 2.45) is 0 Å². The van der Waals surface area contributed by atoms with E-state index in [1.807, 2.05) is 12.1 Å². The summed E-state index contributed by atoms with van der Waals surface area (Å²) in [6.45, 7) is 1.12. The van der Waals surface area contributed by atoms with E-state index < -0.39 is 0 Å². The minimum Gasteiger partial charge on any atom is -0.486 e. The van der Waals surface area contributed by atoms with E-state index in [1.54, 1.807) is 12.1 Å². The van der Waals surface area contributed by atoms with E-state index >= 15 is 0 Å². The van der Waals surface area contributed by atoms with Crippen molar-refractivity contribution < 1.29 is 13.9 Å². The molecular formula is C15H11Br2FO2. The molecule has 2 nitrogen and oxygen atoms in total. The average Bonchev–Trinajstić information content (AvgIpc) is 2.46. The topological polar surface area (TPSA) is 18.5 Å². The minimum atomic E-state index is -0.241. The molecule has 0 N–H and O–H groups in total. The van der Waals surface area contributed by atoms with Crippen molar-refractivity contribution in [2.45, 2.75) is 4.83 Å². The summed E-state index contributed by atoms with van der Waals surface area (Å²) >= 11 is 7.20. The van der Waals surface area contributed by atoms with Gasteiger partial charge in [-0.2, -0.15) is 0 Å². The third kappa shape index (κ3) is 2.69. The SMILES string of the molecule is Fc1ccc(C(Br)c2cc3c(cc2Br)OCCO3)cc1. The highest BCUT2D eigenvalue weighted by atomic mass is 79.9. The van der Waals surface area contributed by atoms with Crippen LogP contribution in [0.5, 0.6) is 11.5 Å². The second-order valence-electron chi connectivity index (χ2n) is 4.43. The van der Waals surface area contributed by atoms with Gasteiger partial charge in [-0.05, 0) is 35.4 Å². The maximum absolute atomic E-state index is 13.0. The Balaban J connectivity index is 1.98. The van der Waals surface area contributed by atoms with Gasteiger partial charge >= 0.3 is 0 Å². The van der Waals surface area contributed by atoms with Crippen LogP contribution in [0, 0.1) is 5.82 Å². The zero-order chi connectivity index (χ0) is 14.1. The maximum Gasteiger partial charge on any atom is 0.162 e. The molecule has 0 saturated heterocycles. The van der Waals surface area contributed by atoms with Crippen LogP contribution >= 0.6 is 31.9 Å². The van der Waals surface area contributed by atoms with Crippen LogP contribution in [0.3, 0.4) is 0 Å². The number of hydrogen-bond donors (Lipinski definition) is 0. The fraction of sp³-hybridized carbons (Fsp3) is 0.200. The third-order valence-corrected chi connectivity index (χ3v) is 4.81. The summed E-state index contributed by atoms with van der Waals surface area (Å²) in [5.74, 6) is 1.24. The van der Waals surface area contributed by atoms with E-state index in [9.17, 15) is 4.39 Å². The molecule has 1 aliphatic heterocycles. The molecule has 1 unspecified atom stereocenters. The highest BCUT2D eigenvalue weighted by Gasteiger charge is 2.20. The summed E-state index contributed by atoms with van der Waals surface area (Å²) in [6, 6.07) is 10.3. The summed E-state index contributed by atoms with van der Waals surface area (Å²) < 4.78 is 25.1. The van der Waals surface area contributed by atoms with Crippen molar-refractivity contribution in [1.29, 1.82) is 0 Å². The van der Waals surface area contributed by atoms with Crippen LogP contribution in [0.2, 0.25) is 0 Å². The highest BCUT2D eigenvalue weighted by molar-refractivity contribution is 9.11. The number of ether oxygens (including phenoxy) is 2. The molecule has 0 radical (unpaired) electrons. The van der Waals surface area contributed by atoms with E-state index in [0.717, 1.165) is 27.1 Å². The molecule has 0 spiro atoms. The number of halogens is 3. The highest BCUT2D eigenvalue weighted by Crippen LogP contribution is 2.42. The molecule has 2 aromatic rings. The molecule has 1 heterocycles. The Morgan fingerprint density at radius 2 is 1.60 bits per heavy atom. The zero-order valence-corrected chi connectivity index (χ0v) is 13.6. The summed E-state index contributed by atoms with van der Waals surface area (Å²) in [5, 5.41) is 0. The van der Waals surface area contributed by atoms with Gasteiger partial charge in [0.05, 0.1) is 4.83 Å². The molecule has 0 aliphatic carbocycles. The lowest BCUT2D eigenvalue weighted by Gasteiger charge is -2.21. The van der Waals surface area contributed by atoms with Gasteiger partial charge in [-0.1, -0.05) is 44.0 Å². The van der Waals surface area contributed by atoms with Crippen molar-refractivity contribution in [1.82, 2.24) is 0 Å². The summed E-state index contributed by atoms with van der Waals surface area (Å²) in [5.41, 5.74) is 1.99. The molecule has 0 fully saturated rings. The Kier molecular flexibility index (Phi) is 3.98. The monoisotopic (exact) mass is 400 g/mol. The van der Waals surface area contributed by atoms with Crippen molar-refractivity contribution in [3.05, 3.63) is 57.8 Å². The van der Waals surface area contributed by atoms with Gasteiger partial charge in [0.15, 0.2) is 11.5 Å². The number of fused-ring (bicyclic) bond motifs is 1. The molecule has 0 saturated carbocycles. The molecular weight excluding hydrogens is 391 g/mol. The molecule has 1 aliphatic rings. The van der Waals surface area contributed by atoms with Gasteiger partial charge in [-0.15, -0.1) is 0 Å². The molecule has 5 heteroatoms. The molecule has 2 aromatic carbocycles. The largest absolute Gasteiger partial charge is 0.486 e.